The first-order valence-electron chi connectivity index (χ1n) is 9.04. The number of hydrogen-bond donors (Lipinski definition) is 2. The van der Waals surface area contributed by atoms with E-state index in [0.29, 0.717) is 47.7 Å². The van der Waals surface area contributed by atoms with Gasteiger partial charge >= 0.3 is 0 Å². The lowest BCUT2D eigenvalue weighted by Crippen LogP contribution is -2.17. The molecular weight excluding hydrogens is 631 g/mol. The number of carbonyl (C=O) groups excluding carboxylic acids is 1. The van der Waals surface area contributed by atoms with Crippen molar-refractivity contribution in [2.45, 2.75) is 6.61 Å². The summed E-state index contributed by atoms with van der Waals surface area (Å²) in [5.41, 5.74) is 4.42. The van der Waals surface area contributed by atoms with Crippen molar-refractivity contribution in [2.24, 2.45) is 5.10 Å². The van der Waals surface area contributed by atoms with Crippen molar-refractivity contribution < 1.29 is 19.4 Å². The number of phenolic OH excluding ortho intramolecular Hbond substituents is 1. The minimum atomic E-state index is -0.436. The fourth-order valence-corrected chi connectivity index (χ4v) is 4.32. The van der Waals surface area contributed by atoms with Crippen molar-refractivity contribution in [1.82, 2.24) is 5.43 Å². The fourth-order valence-electron chi connectivity index (χ4n) is 2.59. The highest BCUT2D eigenvalue weighted by Crippen LogP contribution is 2.34. The number of benzene rings is 3. The molecular formula is C22H16Br3ClN2O4. The van der Waals surface area contributed by atoms with Crippen LogP contribution in [0.2, 0.25) is 5.02 Å². The lowest BCUT2D eigenvalue weighted by molar-refractivity contribution is 0.0955. The molecule has 6 nitrogen and oxygen atoms in total. The van der Waals surface area contributed by atoms with E-state index in [2.05, 4.69) is 58.3 Å². The molecule has 0 heterocycles. The van der Waals surface area contributed by atoms with E-state index < -0.39 is 5.91 Å². The number of phenols is 1. The quantitative estimate of drug-likeness (QED) is 0.222. The normalized spacial score (nSPS) is 10.9. The first kappa shape index (κ1) is 24.6. The molecule has 3 aromatic rings. The minimum absolute atomic E-state index is 0.0134. The Kier molecular flexibility index (Phi) is 8.58. The van der Waals surface area contributed by atoms with E-state index in [9.17, 15) is 9.90 Å². The topological polar surface area (TPSA) is 80.2 Å². The van der Waals surface area contributed by atoms with E-state index >= 15 is 0 Å². The number of carbonyl (C=O) groups is 1. The first-order chi connectivity index (χ1) is 15.3. The highest BCUT2D eigenvalue weighted by molar-refractivity contribution is 9.11. The second-order valence-corrected chi connectivity index (χ2v) is 9.43. The van der Waals surface area contributed by atoms with Crippen LogP contribution in [0.25, 0.3) is 0 Å². The Hall–Kier alpha value is -2.07. The molecule has 3 rings (SSSR count). The monoisotopic (exact) mass is 644 g/mol. The molecule has 0 aromatic heterocycles. The lowest BCUT2D eigenvalue weighted by atomic mass is 10.2. The number of rotatable bonds is 7. The van der Waals surface area contributed by atoms with Gasteiger partial charge in [-0.25, -0.2) is 5.43 Å². The van der Waals surface area contributed by atoms with Crippen LogP contribution in [-0.2, 0) is 6.61 Å². The maximum Gasteiger partial charge on any atom is 0.271 e. The number of nitrogens with zero attached hydrogens (tertiary/aromatic N) is 1. The van der Waals surface area contributed by atoms with Gasteiger partial charge < -0.3 is 14.6 Å². The van der Waals surface area contributed by atoms with Crippen LogP contribution in [0.5, 0.6) is 17.2 Å². The third-order valence-electron chi connectivity index (χ3n) is 4.24. The molecule has 0 unspecified atom stereocenters. The van der Waals surface area contributed by atoms with Crippen LogP contribution in [-0.4, -0.2) is 24.3 Å². The lowest BCUT2D eigenvalue weighted by Gasteiger charge is -2.13. The van der Waals surface area contributed by atoms with Gasteiger partial charge in [0.2, 0.25) is 0 Å². The summed E-state index contributed by atoms with van der Waals surface area (Å²) < 4.78 is 12.8. The maximum atomic E-state index is 12.3. The highest BCUT2D eigenvalue weighted by atomic mass is 79.9. The van der Waals surface area contributed by atoms with Gasteiger partial charge in [0.15, 0.2) is 11.5 Å². The van der Waals surface area contributed by atoms with E-state index in [1.807, 2.05) is 12.1 Å². The zero-order valence-electron chi connectivity index (χ0n) is 16.5. The number of hydrazone groups is 1. The molecule has 32 heavy (non-hydrogen) atoms. The number of aromatic hydroxyl groups is 1. The Bertz CT molecular complexity index is 1150. The summed E-state index contributed by atoms with van der Waals surface area (Å²) in [4.78, 5) is 12.3. The van der Waals surface area contributed by atoms with Crippen molar-refractivity contribution in [3.05, 3.63) is 83.7 Å². The van der Waals surface area contributed by atoms with E-state index in [4.69, 9.17) is 21.1 Å². The van der Waals surface area contributed by atoms with Gasteiger partial charge in [-0.1, -0.05) is 23.7 Å². The molecule has 0 radical (unpaired) electrons. The van der Waals surface area contributed by atoms with Crippen LogP contribution in [0.15, 0.2) is 67.1 Å². The number of amides is 1. The van der Waals surface area contributed by atoms with Crippen molar-refractivity contribution in [1.29, 1.82) is 0 Å². The molecule has 166 valence electrons. The smallest absolute Gasteiger partial charge is 0.271 e. The van der Waals surface area contributed by atoms with Gasteiger partial charge in [0.05, 0.1) is 22.3 Å². The summed E-state index contributed by atoms with van der Waals surface area (Å²) >= 11 is 15.8. The zero-order valence-corrected chi connectivity index (χ0v) is 22.0. The first-order valence-corrected chi connectivity index (χ1v) is 11.8. The molecule has 0 saturated carbocycles. The fraction of sp³-hybridized carbons (Fsp3) is 0.0909. The summed E-state index contributed by atoms with van der Waals surface area (Å²) in [6.45, 7) is 0.348. The van der Waals surface area contributed by atoms with Gasteiger partial charge in [0.25, 0.3) is 5.91 Å². The van der Waals surface area contributed by atoms with Gasteiger partial charge in [0.1, 0.15) is 12.4 Å². The molecule has 0 fully saturated rings. The van der Waals surface area contributed by atoms with Gasteiger partial charge in [0, 0.05) is 20.6 Å². The number of halogens is 4. The van der Waals surface area contributed by atoms with E-state index in [-0.39, 0.29) is 5.75 Å². The molecule has 0 aliphatic rings. The minimum Gasteiger partial charge on any atom is -0.506 e. The van der Waals surface area contributed by atoms with Crippen LogP contribution in [0.4, 0.5) is 0 Å². The number of hydrogen-bond acceptors (Lipinski definition) is 5. The third kappa shape index (κ3) is 6.25. The van der Waals surface area contributed by atoms with Gasteiger partial charge in [-0.05, 0) is 89.8 Å². The SMILES string of the molecule is COc1cc(/C=N/NC(=O)c2cc(Br)c(O)c(Br)c2)c(Br)cc1OCc1ccc(Cl)cc1. The molecule has 3 aromatic carbocycles. The average molecular weight is 648 g/mol. The molecule has 0 bridgehead atoms. The van der Waals surface area contributed by atoms with Gasteiger partial charge in [-0.3, -0.25) is 4.79 Å². The Morgan fingerprint density at radius 2 is 1.72 bits per heavy atom. The van der Waals surface area contributed by atoms with Crippen molar-refractivity contribution in [2.75, 3.05) is 7.11 Å². The van der Waals surface area contributed by atoms with Crippen molar-refractivity contribution >= 4 is 71.5 Å². The predicted molar refractivity (Wildman–Crippen MR) is 135 cm³/mol. The molecule has 0 aliphatic carbocycles. The van der Waals surface area contributed by atoms with E-state index in [0.717, 1.165) is 5.56 Å². The largest absolute Gasteiger partial charge is 0.506 e. The summed E-state index contributed by atoms with van der Waals surface area (Å²) in [7, 11) is 1.54. The second kappa shape index (κ2) is 11.2. The standard InChI is InChI=1S/C22H16Br3ClN2O4/c1-31-19-8-14(10-27-28-22(30)13-6-17(24)21(29)18(25)7-13)16(23)9-20(19)32-11-12-2-4-15(26)5-3-12/h2-10,29H,11H2,1H3,(H,28,30)/b27-10+. The van der Waals surface area contributed by atoms with E-state index in [1.165, 1.54) is 18.3 Å². The Balaban J connectivity index is 1.70. The van der Waals surface area contributed by atoms with Gasteiger partial charge in [-0.2, -0.15) is 5.10 Å². The summed E-state index contributed by atoms with van der Waals surface area (Å²) in [6, 6.07) is 13.9. The Morgan fingerprint density at radius 3 is 2.34 bits per heavy atom. The highest BCUT2D eigenvalue weighted by Gasteiger charge is 2.12. The molecule has 0 spiro atoms. The molecule has 10 heteroatoms. The summed E-state index contributed by atoms with van der Waals surface area (Å²) in [5.74, 6) is 0.642. The van der Waals surface area contributed by atoms with Crippen molar-refractivity contribution in [3.63, 3.8) is 0 Å². The Morgan fingerprint density at radius 1 is 1.06 bits per heavy atom. The van der Waals surface area contributed by atoms with Crippen molar-refractivity contribution in [3.8, 4) is 17.2 Å². The number of nitrogens with one attached hydrogen (secondary N) is 1. The van der Waals surface area contributed by atoms with Crippen LogP contribution >= 0.6 is 59.4 Å². The molecule has 0 atom stereocenters. The molecule has 0 saturated heterocycles. The van der Waals surface area contributed by atoms with Crippen LogP contribution < -0.4 is 14.9 Å². The molecule has 1 amide bonds. The van der Waals surface area contributed by atoms with Crippen LogP contribution in [0.1, 0.15) is 21.5 Å². The summed E-state index contributed by atoms with van der Waals surface area (Å²) in [5, 5.41) is 14.4. The average Bonchev–Trinajstić information content (AvgIpc) is 2.77. The maximum absolute atomic E-state index is 12.3. The number of ether oxygens (including phenoxy) is 2. The third-order valence-corrected chi connectivity index (χ3v) is 6.39. The molecule has 0 aliphatic heterocycles. The van der Waals surface area contributed by atoms with E-state index in [1.54, 1.807) is 31.4 Å². The number of methoxy groups -OCH3 is 1. The predicted octanol–water partition coefficient (Wildman–Crippen LogP) is 6.68. The molecule has 2 N–H and O–H groups in total. The second-order valence-electron chi connectivity index (χ2n) is 6.43. The van der Waals surface area contributed by atoms with Crippen LogP contribution in [0.3, 0.4) is 0 Å². The van der Waals surface area contributed by atoms with Gasteiger partial charge in [-0.15, -0.1) is 0 Å². The Labute approximate surface area is 215 Å². The van der Waals surface area contributed by atoms with Crippen LogP contribution in [0, 0.1) is 0 Å². The summed E-state index contributed by atoms with van der Waals surface area (Å²) in [6.07, 6.45) is 1.48. The zero-order chi connectivity index (χ0) is 23.3.